The number of hydrogen-bond acceptors (Lipinski definition) is 4. The Balaban J connectivity index is 2.03. The standard InChI is InChI=1S/C22H12Cl2N4O/c23-17-10-18(24)12-19(11-17)28-21-14(4-3-7-27-21)8-15(22(28)29)9-16(13-25)20-5-1-2-6-26-20/h1-12H/b16-9-. The monoisotopic (exact) mass is 418 g/mol. The molecule has 0 amide bonds. The fourth-order valence-corrected chi connectivity index (χ4v) is 3.53. The molecule has 0 saturated carbocycles. The number of halogens is 2. The molecule has 7 heteroatoms. The van der Waals surface area contributed by atoms with Crippen LogP contribution in [0.5, 0.6) is 0 Å². The van der Waals surface area contributed by atoms with Gasteiger partial charge in [-0.15, -0.1) is 0 Å². The highest BCUT2D eigenvalue weighted by molar-refractivity contribution is 6.34. The fraction of sp³-hybridized carbons (Fsp3) is 0. The minimum absolute atomic E-state index is 0.279. The second-order valence-corrected chi connectivity index (χ2v) is 7.04. The zero-order valence-electron chi connectivity index (χ0n) is 14.9. The first kappa shape index (κ1) is 18.9. The number of rotatable bonds is 3. The molecule has 0 aliphatic heterocycles. The molecule has 1 aromatic carbocycles. The average molecular weight is 419 g/mol. The van der Waals surface area contributed by atoms with Crippen molar-refractivity contribution in [2.75, 3.05) is 0 Å². The molecule has 3 heterocycles. The van der Waals surface area contributed by atoms with E-state index in [-0.39, 0.29) is 11.1 Å². The van der Waals surface area contributed by atoms with Crippen LogP contribution in [0.3, 0.4) is 0 Å². The third-order valence-corrected chi connectivity index (χ3v) is 4.69. The number of fused-ring (bicyclic) bond motifs is 1. The van der Waals surface area contributed by atoms with Crippen molar-refractivity contribution in [1.29, 1.82) is 5.26 Å². The maximum Gasteiger partial charge on any atom is 0.264 e. The molecule has 0 radical (unpaired) electrons. The van der Waals surface area contributed by atoms with Crippen molar-refractivity contribution in [3.05, 3.63) is 98.6 Å². The molecule has 4 rings (SSSR count). The molecule has 0 saturated heterocycles. The first-order valence-corrected chi connectivity index (χ1v) is 9.33. The molecule has 0 aliphatic rings. The van der Waals surface area contributed by atoms with Crippen molar-refractivity contribution in [3.8, 4) is 11.8 Å². The fourth-order valence-electron chi connectivity index (χ4n) is 3.02. The summed E-state index contributed by atoms with van der Waals surface area (Å²) in [6.45, 7) is 0. The third kappa shape index (κ3) is 3.77. The SMILES string of the molecule is N#C/C(=C/c1cc2cccnc2n(-c2cc(Cl)cc(Cl)c2)c1=O)c1ccccn1. The molecule has 0 aliphatic carbocycles. The van der Waals surface area contributed by atoms with E-state index in [4.69, 9.17) is 23.2 Å². The molecule has 0 atom stereocenters. The highest BCUT2D eigenvalue weighted by Crippen LogP contribution is 2.24. The predicted molar refractivity (Wildman–Crippen MR) is 115 cm³/mol. The van der Waals surface area contributed by atoms with E-state index in [2.05, 4.69) is 16.0 Å². The van der Waals surface area contributed by atoms with E-state index >= 15 is 0 Å². The van der Waals surface area contributed by atoms with Crippen LogP contribution >= 0.6 is 23.2 Å². The lowest BCUT2D eigenvalue weighted by molar-refractivity contribution is 1.01. The van der Waals surface area contributed by atoms with Crippen LogP contribution in [-0.4, -0.2) is 14.5 Å². The van der Waals surface area contributed by atoms with Gasteiger partial charge in [-0.2, -0.15) is 5.26 Å². The van der Waals surface area contributed by atoms with Crippen LogP contribution in [-0.2, 0) is 0 Å². The van der Waals surface area contributed by atoms with Gasteiger partial charge in [0.25, 0.3) is 5.56 Å². The lowest BCUT2D eigenvalue weighted by Gasteiger charge is -2.12. The molecule has 4 aromatic rings. The quantitative estimate of drug-likeness (QED) is 0.431. The van der Waals surface area contributed by atoms with Gasteiger partial charge in [0.05, 0.1) is 17.0 Å². The normalized spacial score (nSPS) is 11.4. The van der Waals surface area contributed by atoms with Crippen LogP contribution in [0.4, 0.5) is 0 Å². The van der Waals surface area contributed by atoms with Crippen LogP contribution in [0.15, 0.2) is 71.8 Å². The second-order valence-electron chi connectivity index (χ2n) is 6.17. The summed E-state index contributed by atoms with van der Waals surface area (Å²) in [6, 6.07) is 17.6. The van der Waals surface area contributed by atoms with Gasteiger partial charge in [-0.1, -0.05) is 29.3 Å². The number of pyridine rings is 3. The van der Waals surface area contributed by atoms with E-state index in [1.807, 2.05) is 6.07 Å². The van der Waals surface area contributed by atoms with Crippen LogP contribution in [0, 0.1) is 11.3 Å². The van der Waals surface area contributed by atoms with Gasteiger partial charge in [0.2, 0.25) is 0 Å². The minimum Gasteiger partial charge on any atom is -0.268 e. The van der Waals surface area contributed by atoms with Crippen molar-refractivity contribution < 1.29 is 0 Å². The Labute approximate surface area is 176 Å². The molecule has 0 N–H and O–H groups in total. The van der Waals surface area contributed by atoms with Crippen molar-refractivity contribution in [1.82, 2.24) is 14.5 Å². The summed E-state index contributed by atoms with van der Waals surface area (Å²) < 4.78 is 1.44. The molecule has 29 heavy (non-hydrogen) atoms. The minimum atomic E-state index is -0.349. The molecule has 0 bridgehead atoms. The lowest BCUT2D eigenvalue weighted by atomic mass is 10.1. The highest BCUT2D eigenvalue weighted by atomic mass is 35.5. The number of benzene rings is 1. The number of nitrogens with zero attached hydrogens (tertiary/aromatic N) is 4. The Morgan fingerprint density at radius 2 is 1.76 bits per heavy atom. The van der Waals surface area contributed by atoms with Gasteiger partial charge in [0.1, 0.15) is 11.7 Å². The molecular weight excluding hydrogens is 407 g/mol. The van der Waals surface area contributed by atoms with Gasteiger partial charge in [-0.05, 0) is 54.6 Å². The van der Waals surface area contributed by atoms with E-state index < -0.39 is 0 Å². The van der Waals surface area contributed by atoms with Crippen LogP contribution < -0.4 is 5.56 Å². The Bertz CT molecular complexity index is 1330. The van der Waals surface area contributed by atoms with Gasteiger partial charge in [0, 0.05) is 33.4 Å². The van der Waals surface area contributed by atoms with Crippen LogP contribution in [0.1, 0.15) is 11.3 Å². The van der Waals surface area contributed by atoms with Gasteiger partial charge in [0.15, 0.2) is 0 Å². The van der Waals surface area contributed by atoms with Gasteiger partial charge in [-0.3, -0.25) is 14.3 Å². The third-order valence-electron chi connectivity index (χ3n) is 4.26. The first-order valence-electron chi connectivity index (χ1n) is 8.57. The summed E-state index contributed by atoms with van der Waals surface area (Å²) in [5.74, 6) is 0. The van der Waals surface area contributed by atoms with Gasteiger partial charge in [-0.25, -0.2) is 4.98 Å². The Morgan fingerprint density at radius 3 is 2.45 bits per heavy atom. The number of hydrogen-bond donors (Lipinski definition) is 0. The molecule has 0 fully saturated rings. The number of nitriles is 1. The maximum atomic E-state index is 13.4. The zero-order valence-corrected chi connectivity index (χ0v) is 16.4. The van der Waals surface area contributed by atoms with E-state index in [1.165, 1.54) is 10.6 Å². The average Bonchev–Trinajstić information content (AvgIpc) is 2.72. The highest BCUT2D eigenvalue weighted by Gasteiger charge is 2.13. The summed E-state index contributed by atoms with van der Waals surface area (Å²) in [6.07, 6.45) is 4.73. The van der Waals surface area contributed by atoms with Gasteiger partial charge < -0.3 is 0 Å². The molecule has 5 nitrogen and oxygen atoms in total. The number of aromatic nitrogens is 3. The second kappa shape index (κ2) is 7.88. The van der Waals surface area contributed by atoms with Crippen molar-refractivity contribution in [2.45, 2.75) is 0 Å². The predicted octanol–water partition coefficient (Wildman–Crippen LogP) is 5.15. The molecule has 3 aromatic heterocycles. The van der Waals surface area contributed by atoms with E-state index in [0.717, 1.165) is 5.39 Å². The molecule has 0 spiro atoms. The van der Waals surface area contributed by atoms with Crippen molar-refractivity contribution >= 4 is 45.9 Å². The van der Waals surface area contributed by atoms with Crippen molar-refractivity contribution in [2.24, 2.45) is 0 Å². The smallest absolute Gasteiger partial charge is 0.264 e. The van der Waals surface area contributed by atoms with Crippen molar-refractivity contribution in [3.63, 3.8) is 0 Å². The summed E-state index contributed by atoms with van der Waals surface area (Å²) in [5.41, 5.74) is 1.69. The Hall–Kier alpha value is -3.46. The van der Waals surface area contributed by atoms with E-state index in [9.17, 15) is 10.1 Å². The maximum absolute atomic E-state index is 13.4. The van der Waals surface area contributed by atoms with Crippen LogP contribution in [0.25, 0.3) is 28.4 Å². The molecule has 0 unspecified atom stereocenters. The number of allylic oxidation sites excluding steroid dienone is 1. The Morgan fingerprint density at radius 1 is 1.00 bits per heavy atom. The summed E-state index contributed by atoms with van der Waals surface area (Å²) >= 11 is 12.3. The van der Waals surface area contributed by atoms with Crippen LogP contribution in [0.2, 0.25) is 10.0 Å². The lowest BCUT2D eigenvalue weighted by Crippen LogP contribution is -2.21. The summed E-state index contributed by atoms with van der Waals surface area (Å²) in [5, 5.41) is 11.1. The Kier molecular flexibility index (Phi) is 5.13. The first-order chi connectivity index (χ1) is 14.1. The largest absolute Gasteiger partial charge is 0.268 e. The topological polar surface area (TPSA) is 71.6 Å². The van der Waals surface area contributed by atoms with E-state index in [1.54, 1.807) is 60.9 Å². The molecule has 140 valence electrons. The van der Waals surface area contributed by atoms with Gasteiger partial charge >= 0.3 is 0 Å². The summed E-state index contributed by atoms with van der Waals surface area (Å²) in [4.78, 5) is 21.9. The van der Waals surface area contributed by atoms with E-state index in [0.29, 0.717) is 32.6 Å². The summed E-state index contributed by atoms with van der Waals surface area (Å²) in [7, 11) is 0. The zero-order chi connectivity index (χ0) is 20.4. The molecular formula is C22H12Cl2N4O.